The number of hydrogen-bond donors (Lipinski definition) is 0. The van der Waals surface area contributed by atoms with Crippen LogP contribution in [0.3, 0.4) is 0 Å². The number of benzene rings is 1. The van der Waals surface area contributed by atoms with E-state index in [9.17, 15) is 9.18 Å². The second kappa shape index (κ2) is 7.50. The number of nitrogens with zero attached hydrogens (tertiary/aromatic N) is 4. The monoisotopic (exact) mass is 372 g/mol. The van der Waals surface area contributed by atoms with Crippen LogP contribution in [0.4, 0.5) is 10.2 Å². The normalized spacial score (nSPS) is 17.7. The summed E-state index contributed by atoms with van der Waals surface area (Å²) in [6, 6.07) is 7.73. The molecular weight excluding hydrogens is 347 g/mol. The molecule has 0 spiro atoms. The Labute approximate surface area is 159 Å². The van der Waals surface area contributed by atoms with Gasteiger partial charge < -0.3 is 14.5 Å². The van der Waals surface area contributed by atoms with Crippen molar-refractivity contribution < 1.29 is 13.9 Å². The average Bonchev–Trinajstić information content (AvgIpc) is 2.60. The van der Waals surface area contributed by atoms with Crippen LogP contribution in [0.5, 0.6) is 11.6 Å². The number of amides is 1. The maximum Gasteiger partial charge on any atom is 0.228 e. The van der Waals surface area contributed by atoms with E-state index in [2.05, 4.69) is 14.9 Å². The molecule has 7 heteroatoms. The van der Waals surface area contributed by atoms with E-state index in [1.54, 1.807) is 18.2 Å². The first-order valence-corrected chi connectivity index (χ1v) is 9.05. The molecule has 3 rings (SSSR count). The number of ether oxygens (including phenoxy) is 1. The van der Waals surface area contributed by atoms with Gasteiger partial charge in [0.25, 0.3) is 0 Å². The third-order valence-corrected chi connectivity index (χ3v) is 4.50. The summed E-state index contributed by atoms with van der Waals surface area (Å²) >= 11 is 0. The zero-order valence-corrected chi connectivity index (χ0v) is 16.1. The Morgan fingerprint density at radius 2 is 2.00 bits per heavy atom. The van der Waals surface area contributed by atoms with Crippen LogP contribution in [0.1, 0.15) is 27.7 Å². The van der Waals surface area contributed by atoms with Gasteiger partial charge in [-0.3, -0.25) is 4.79 Å². The van der Waals surface area contributed by atoms with Crippen molar-refractivity contribution in [3.63, 3.8) is 0 Å². The molecule has 0 radical (unpaired) electrons. The van der Waals surface area contributed by atoms with Gasteiger partial charge in [0.2, 0.25) is 11.8 Å². The third-order valence-electron chi connectivity index (χ3n) is 4.50. The van der Waals surface area contributed by atoms with Crippen LogP contribution < -0.4 is 9.64 Å². The summed E-state index contributed by atoms with van der Waals surface area (Å²) in [5.41, 5.74) is -0.392. The predicted molar refractivity (Wildman–Crippen MR) is 101 cm³/mol. The number of hydrogen-bond acceptors (Lipinski definition) is 5. The fraction of sp³-hybridized carbons (Fsp3) is 0.450. The van der Waals surface area contributed by atoms with E-state index in [0.717, 1.165) is 5.82 Å². The molecule has 0 aliphatic carbocycles. The molecule has 1 aliphatic heterocycles. The van der Waals surface area contributed by atoms with Crippen molar-refractivity contribution in [3.8, 4) is 11.6 Å². The van der Waals surface area contributed by atoms with Crippen LogP contribution in [0, 0.1) is 11.2 Å². The number of rotatable bonds is 3. The molecule has 1 atom stereocenters. The number of anilines is 1. The highest BCUT2D eigenvalue weighted by Gasteiger charge is 2.34. The van der Waals surface area contributed by atoms with Crippen LogP contribution >= 0.6 is 0 Å². The first kappa shape index (κ1) is 19.1. The van der Waals surface area contributed by atoms with Gasteiger partial charge >= 0.3 is 0 Å². The Morgan fingerprint density at radius 3 is 2.67 bits per heavy atom. The first-order chi connectivity index (χ1) is 12.7. The molecule has 2 heterocycles. The molecule has 0 unspecified atom stereocenters. The number of piperazine rings is 1. The zero-order valence-electron chi connectivity index (χ0n) is 16.1. The van der Waals surface area contributed by atoms with Gasteiger partial charge in [-0.1, -0.05) is 26.8 Å². The molecule has 144 valence electrons. The maximum atomic E-state index is 13.3. The lowest BCUT2D eigenvalue weighted by molar-refractivity contribution is -0.142. The number of carbonyl (C=O) groups is 1. The predicted octanol–water partition coefficient (Wildman–Crippen LogP) is 3.49. The summed E-state index contributed by atoms with van der Waals surface area (Å²) in [6.45, 7) is 9.86. The average molecular weight is 372 g/mol. The summed E-state index contributed by atoms with van der Waals surface area (Å²) in [4.78, 5) is 25.1. The molecular formula is C20H25FN4O2. The van der Waals surface area contributed by atoms with Crippen molar-refractivity contribution in [2.75, 3.05) is 24.5 Å². The van der Waals surface area contributed by atoms with Crippen LogP contribution in [-0.2, 0) is 4.79 Å². The van der Waals surface area contributed by atoms with Gasteiger partial charge in [0.05, 0.1) is 0 Å². The van der Waals surface area contributed by atoms with E-state index in [1.165, 1.54) is 18.5 Å². The minimum Gasteiger partial charge on any atom is -0.439 e. The summed E-state index contributed by atoms with van der Waals surface area (Å²) in [7, 11) is 0. The fourth-order valence-electron chi connectivity index (χ4n) is 3.11. The van der Waals surface area contributed by atoms with Crippen molar-refractivity contribution in [2.45, 2.75) is 33.7 Å². The Bertz CT molecular complexity index is 822. The van der Waals surface area contributed by atoms with E-state index in [1.807, 2.05) is 32.6 Å². The number of aromatic nitrogens is 2. The summed E-state index contributed by atoms with van der Waals surface area (Å²) in [6.07, 6.45) is 1.43. The molecule has 6 nitrogen and oxygen atoms in total. The first-order valence-electron chi connectivity index (χ1n) is 9.05. The molecule has 27 heavy (non-hydrogen) atoms. The largest absolute Gasteiger partial charge is 0.439 e. The summed E-state index contributed by atoms with van der Waals surface area (Å²) < 4.78 is 19.0. The highest BCUT2D eigenvalue weighted by molar-refractivity contribution is 5.82. The quantitative estimate of drug-likeness (QED) is 0.825. The molecule has 1 aromatic carbocycles. The van der Waals surface area contributed by atoms with E-state index in [-0.39, 0.29) is 17.8 Å². The molecule has 1 amide bonds. The highest BCUT2D eigenvalue weighted by atomic mass is 19.1. The molecule has 0 N–H and O–H groups in total. The molecule has 1 saturated heterocycles. The van der Waals surface area contributed by atoms with Gasteiger partial charge in [-0.25, -0.2) is 14.4 Å². The van der Waals surface area contributed by atoms with Crippen molar-refractivity contribution in [3.05, 3.63) is 42.5 Å². The Morgan fingerprint density at radius 1 is 1.22 bits per heavy atom. The lowest BCUT2D eigenvalue weighted by atomic mass is 9.93. The standard InChI is InChI=1S/C20H25FN4O2/c1-14-12-24(8-9-25(14)19(26)20(2,3)4)17-11-18(23-13-22-17)27-16-7-5-6-15(21)10-16/h5-7,10-11,13-14H,8-9,12H2,1-4H3/t14-/m0/s1. The van der Waals surface area contributed by atoms with Crippen molar-refractivity contribution >= 4 is 11.7 Å². The minimum atomic E-state index is -0.392. The number of carbonyl (C=O) groups excluding carboxylic acids is 1. The lowest BCUT2D eigenvalue weighted by Crippen LogP contribution is -2.56. The van der Waals surface area contributed by atoms with Crippen molar-refractivity contribution in [1.82, 2.24) is 14.9 Å². The topological polar surface area (TPSA) is 58.6 Å². The van der Waals surface area contributed by atoms with E-state index < -0.39 is 5.41 Å². The molecule has 2 aromatic rings. The Kier molecular flexibility index (Phi) is 5.30. The lowest BCUT2D eigenvalue weighted by Gasteiger charge is -2.42. The van der Waals surface area contributed by atoms with E-state index in [4.69, 9.17) is 4.74 Å². The summed E-state index contributed by atoms with van der Waals surface area (Å²) in [5.74, 6) is 1.26. The van der Waals surface area contributed by atoms with Gasteiger partial charge in [0.15, 0.2) is 0 Å². The fourth-order valence-corrected chi connectivity index (χ4v) is 3.11. The Hall–Kier alpha value is -2.70. The van der Waals surface area contributed by atoms with E-state index in [0.29, 0.717) is 31.3 Å². The third kappa shape index (κ3) is 4.53. The van der Waals surface area contributed by atoms with Gasteiger partial charge in [-0.15, -0.1) is 0 Å². The van der Waals surface area contributed by atoms with Crippen molar-refractivity contribution in [2.24, 2.45) is 5.41 Å². The van der Waals surface area contributed by atoms with Crippen LogP contribution in [-0.4, -0.2) is 46.5 Å². The van der Waals surface area contributed by atoms with Gasteiger partial charge in [-0.2, -0.15) is 0 Å². The van der Waals surface area contributed by atoms with Gasteiger partial charge in [-0.05, 0) is 19.1 Å². The van der Waals surface area contributed by atoms with Crippen molar-refractivity contribution in [1.29, 1.82) is 0 Å². The summed E-state index contributed by atoms with van der Waals surface area (Å²) in [5, 5.41) is 0. The van der Waals surface area contributed by atoms with Gasteiger partial charge in [0.1, 0.15) is 23.7 Å². The molecule has 0 saturated carbocycles. The van der Waals surface area contributed by atoms with Crippen LogP contribution in [0.15, 0.2) is 36.7 Å². The molecule has 1 aromatic heterocycles. The number of halogens is 1. The van der Waals surface area contributed by atoms with Crippen LogP contribution in [0.2, 0.25) is 0 Å². The highest BCUT2D eigenvalue weighted by Crippen LogP contribution is 2.26. The molecule has 0 bridgehead atoms. The van der Waals surface area contributed by atoms with Gasteiger partial charge in [0, 0.05) is 43.2 Å². The van der Waals surface area contributed by atoms with E-state index >= 15 is 0 Å². The van der Waals surface area contributed by atoms with Crippen LogP contribution in [0.25, 0.3) is 0 Å². The molecule has 1 fully saturated rings. The molecule has 1 aliphatic rings. The SMILES string of the molecule is C[C@H]1CN(c2cc(Oc3cccc(F)c3)ncn2)CCN1C(=O)C(C)(C)C. The Balaban J connectivity index is 1.70. The second-order valence-electron chi connectivity index (χ2n) is 7.82. The maximum absolute atomic E-state index is 13.3. The minimum absolute atomic E-state index is 0.0769. The zero-order chi connectivity index (χ0) is 19.6. The smallest absolute Gasteiger partial charge is 0.228 e. The second-order valence-corrected chi connectivity index (χ2v) is 7.82.